The van der Waals surface area contributed by atoms with Crippen LogP contribution in [0.4, 0.5) is 4.79 Å². The number of hydrogen-bond acceptors (Lipinski definition) is 6. The zero-order valence-electron chi connectivity index (χ0n) is 18.9. The van der Waals surface area contributed by atoms with Gasteiger partial charge in [0.25, 0.3) is 10.0 Å². The van der Waals surface area contributed by atoms with E-state index in [0.717, 1.165) is 18.4 Å². The van der Waals surface area contributed by atoms with Crippen LogP contribution in [-0.4, -0.2) is 39.4 Å². The van der Waals surface area contributed by atoms with E-state index in [-0.39, 0.29) is 35.6 Å². The summed E-state index contributed by atoms with van der Waals surface area (Å²) in [5, 5.41) is 8.01. The number of benzene rings is 1. The summed E-state index contributed by atoms with van der Waals surface area (Å²) in [5.41, 5.74) is 0.472. The highest BCUT2D eigenvalue weighted by Crippen LogP contribution is 2.43. The van der Waals surface area contributed by atoms with Crippen LogP contribution in [0, 0.1) is 5.41 Å². The van der Waals surface area contributed by atoms with Gasteiger partial charge in [-0.25, -0.2) is 17.9 Å². The van der Waals surface area contributed by atoms with E-state index in [1.165, 1.54) is 12.1 Å². The maximum Gasteiger partial charge on any atom is 0.328 e. The van der Waals surface area contributed by atoms with Crippen LogP contribution in [0.15, 0.2) is 34.9 Å². The van der Waals surface area contributed by atoms with Gasteiger partial charge in [-0.15, -0.1) is 0 Å². The molecule has 1 heterocycles. The van der Waals surface area contributed by atoms with Crippen molar-refractivity contribution in [2.45, 2.75) is 63.4 Å². The summed E-state index contributed by atoms with van der Waals surface area (Å²) in [5.74, 6) is -0.0879. The lowest BCUT2D eigenvalue weighted by atomic mass is 9.73. The average Bonchev–Trinajstić information content (AvgIpc) is 3.53. The van der Waals surface area contributed by atoms with Crippen LogP contribution in [-0.2, 0) is 19.6 Å². The van der Waals surface area contributed by atoms with Gasteiger partial charge in [0.2, 0.25) is 12.3 Å². The number of carbonyl (C=O) groups excluding carboxylic acids is 3. The molecule has 1 saturated carbocycles. The first-order valence-corrected chi connectivity index (χ1v) is 12.4. The first kappa shape index (κ1) is 24.6. The molecule has 2 aliphatic rings. The molecule has 1 aromatic rings. The number of ether oxygens (including phenoxy) is 1. The summed E-state index contributed by atoms with van der Waals surface area (Å²) in [4.78, 5) is 35.9. The van der Waals surface area contributed by atoms with Gasteiger partial charge in [0.05, 0.1) is 18.1 Å². The van der Waals surface area contributed by atoms with Crippen molar-refractivity contribution in [2.24, 2.45) is 5.41 Å². The number of urea groups is 1. The van der Waals surface area contributed by atoms with Crippen LogP contribution in [0.3, 0.4) is 0 Å². The molecule has 10 nitrogen and oxygen atoms in total. The van der Waals surface area contributed by atoms with E-state index in [9.17, 15) is 22.8 Å². The highest BCUT2D eigenvalue weighted by molar-refractivity contribution is 7.90. The molecule has 0 bridgehead atoms. The minimum absolute atomic E-state index is 0.0156. The molecule has 11 heteroatoms. The minimum Gasteiger partial charge on any atom is -0.492 e. The summed E-state index contributed by atoms with van der Waals surface area (Å²) >= 11 is 0. The molecule has 180 valence electrons. The fraction of sp³-hybridized carbons (Fsp3) is 0.500. The topological polar surface area (TPSA) is 143 Å². The Morgan fingerprint density at radius 1 is 1.33 bits per heavy atom. The maximum atomic E-state index is 13.0. The van der Waals surface area contributed by atoms with Gasteiger partial charge >= 0.3 is 6.03 Å². The number of amides is 4. The molecular formula is C22H30N4O6S. The third-order valence-corrected chi connectivity index (χ3v) is 7.49. The molecule has 0 saturated heterocycles. The predicted octanol–water partition coefficient (Wildman–Crippen LogP) is 1.84. The molecule has 33 heavy (non-hydrogen) atoms. The summed E-state index contributed by atoms with van der Waals surface area (Å²) in [6, 6.07) is 3.03. The molecule has 0 spiro atoms. The quantitative estimate of drug-likeness (QED) is 0.358. The second-order valence-corrected chi connectivity index (χ2v) is 9.92. The van der Waals surface area contributed by atoms with Crippen molar-refractivity contribution in [1.82, 2.24) is 20.7 Å². The lowest BCUT2D eigenvalue weighted by Gasteiger charge is -2.31. The van der Waals surface area contributed by atoms with Crippen molar-refractivity contribution in [3.05, 3.63) is 35.5 Å². The molecule has 0 aromatic heterocycles. The van der Waals surface area contributed by atoms with Crippen LogP contribution in [0.5, 0.6) is 5.75 Å². The molecule has 4 amide bonds. The Labute approximate surface area is 193 Å². The molecule has 1 aromatic carbocycles. The van der Waals surface area contributed by atoms with Crippen LogP contribution in [0.2, 0.25) is 0 Å². The Kier molecular flexibility index (Phi) is 7.31. The normalized spacial score (nSPS) is 20.9. The number of rotatable bonds is 11. The van der Waals surface area contributed by atoms with Gasteiger partial charge < -0.3 is 20.7 Å². The third-order valence-electron chi connectivity index (χ3n) is 6.13. The van der Waals surface area contributed by atoms with Crippen molar-refractivity contribution in [1.29, 1.82) is 0 Å². The van der Waals surface area contributed by atoms with Crippen LogP contribution in [0.25, 0.3) is 0 Å². The Hall–Kier alpha value is -3.08. The summed E-state index contributed by atoms with van der Waals surface area (Å²) in [6.07, 6.45) is 4.54. The monoisotopic (exact) mass is 478 g/mol. The molecule has 4 N–H and O–H groups in total. The minimum atomic E-state index is -4.26. The van der Waals surface area contributed by atoms with E-state index in [2.05, 4.69) is 16.0 Å². The van der Waals surface area contributed by atoms with Crippen molar-refractivity contribution in [3.8, 4) is 5.75 Å². The van der Waals surface area contributed by atoms with Crippen LogP contribution >= 0.6 is 0 Å². The number of hydrogen-bond donors (Lipinski definition) is 4. The smallest absolute Gasteiger partial charge is 0.328 e. The van der Waals surface area contributed by atoms with Gasteiger partial charge in [-0.05, 0) is 62.8 Å². The van der Waals surface area contributed by atoms with E-state index in [1.807, 2.05) is 18.6 Å². The second kappa shape index (κ2) is 9.82. The van der Waals surface area contributed by atoms with Crippen LogP contribution in [0.1, 0.15) is 58.1 Å². The zero-order valence-corrected chi connectivity index (χ0v) is 19.8. The number of carbonyl (C=O) groups is 3. The Balaban J connectivity index is 1.96. The lowest BCUT2D eigenvalue weighted by molar-refractivity contribution is -0.128. The third kappa shape index (κ3) is 5.29. The Bertz CT molecular complexity index is 1070. The summed E-state index contributed by atoms with van der Waals surface area (Å²) < 4.78 is 33.6. The lowest BCUT2D eigenvalue weighted by Crippen LogP contribution is -2.40. The molecule has 2 atom stereocenters. The number of nitrogens with one attached hydrogen (secondary N) is 4. The van der Waals surface area contributed by atoms with Gasteiger partial charge in [0, 0.05) is 12.2 Å². The summed E-state index contributed by atoms with van der Waals surface area (Å²) in [7, 11) is -4.26. The molecule has 1 fully saturated rings. The van der Waals surface area contributed by atoms with E-state index >= 15 is 0 Å². The Morgan fingerprint density at radius 2 is 2.06 bits per heavy atom. The molecule has 2 unspecified atom stereocenters. The molecule has 1 aliphatic carbocycles. The van der Waals surface area contributed by atoms with Gasteiger partial charge in [-0.3, -0.25) is 9.59 Å². The molecular weight excluding hydrogens is 448 g/mol. The molecule has 1 aliphatic heterocycles. The second-order valence-electron chi connectivity index (χ2n) is 8.27. The first-order valence-electron chi connectivity index (χ1n) is 10.9. The maximum absolute atomic E-state index is 13.0. The van der Waals surface area contributed by atoms with Gasteiger partial charge in [0.1, 0.15) is 10.6 Å². The van der Waals surface area contributed by atoms with E-state index in [1.54, 1.807) is 19.2 Å². The average molecular weight is 479 g/mol. The largest absolute Gasteiger partial charge is 0.492 e. The summed E-state index contributed by atoms with van der Waals surface area (Å²) in [6.45, 7) is 5.66. The standard InChI is InChI=1S/C22H30N4O6S/c1-4-22(14(3)12-23-20(22)28)11-17(24-13-27)15-6-9-18(32-5-2)19(10-15)33(30,31)26-21(29)25-16-7-8-16/h6,9-10,12-13,16-17H,4-5,7-8,11H2,1-3H3,(H,23,28)(H,24,27)(H2,25,26,29). The van der Waals surface area contributed by atoms with Crippen LogP contribution < -0.4 is 25.4 Å². The van der Waals surface area contributed by atoms with E-state index < -0.39 is 27.5 Å². The van der Waals surface area contributed by atoms with Crippen molar-refractivity contribution in [2.75, 3.05) is 6.61 Å². The molecule has 3 rings (SSSR count). The zero-order chi connectivity index (χ0) is 24.2. The fourth-order valence-corrected chi connectivity index (χ4v) is 5.11. The highest BCUT2D eigenvalue weighted by Gasteiger charge is 2.44. The number of sulfonamides is 1. The van der Waals surface area contributed by atoms with Crippen molar-refractivity contribution in [3.63, 3.8) is 0 Å². The van der Waals surface area contributed by atoms with Crippen molar-refractivity contribution >= 4 is 28.4 Å². The van der Waals surface area contributed by atoms with Gasteiger partial charge in [-0.2, -0.15) is 0 Å². The fourth-order valence-electron chi connectivity index (χ4n) is 4.02. The van der Waals surface area contributed by atoms with Crippen molar-refractivity contribution < 1.29 is 27.5 Å². The molecule has 0 radical (unpaired) electrons. The SMILES string of the molecule is CCOc1ccc(C(CC2(CC)C(=O)NC=C2C)NC=O)cc1S(=O)(=O)NC(=O)NC1CC1. The van der Waals surface area contributed by atoms with E-state index in [4.69, 9.17) is 4.74 Å². The first-order chi connectivity index (χ1) is 15.7. The van der Waals surface area contributed by atoms with E-state index in [0.29, 0.717) is 18.4 Å². The predicted molar refractivity (Wildman–Crippen MR) is 121 cm³/mol. The van der Waals surface area contributed by atoms with Gasteiger partial charge in [-0.1, -0.05) is 13.0 Å². The highest BCUT2D eigenvalue weighted by atomic mass is 32.2. The van der Waals surface area contributed by atoms with Gasteiger partial charge in [0.15, 0.2) is 0 Å². The Morgan fingerprint density at radius 3 is 2.61 bits per heavy atom.